The second-order valence-corrected chi connectivity index (χ2v) is 5.29. The van der Waals surface area contributed by atoms with Crippen LogP contribution in [0.4, 0.5) is 14.5 Å². The number of carbonyl (C=O) groups is 1. The molecular weight excluding hydrogens is 465 g/mol. The molecular formula is C19H19F2IN4O. The molecule has 8 heteroatoms. The van der Waals surface area contributed by atoms with E-state index in [4.69, 9.17) is 6.42 Å². The van der Waals surface area contributed by atoms with E-state index >= 15 is 0 Å². The molecule has 0 saturated heterocycles. The van der Waals surface area contributed by atoms with Gasteiger partial charge in [0.25, 0.3) is 0 Å². The molecule has 0 atom stereocenters. The number of anilines is 1. The van der Waals surface area contributed by atoms with E-state index < -0.39 is 11.6 Å². The molecule has 5 nitrogen and oxygen atoms in total. The van der Waals surface area contributed by atoms with Crippen LogP contribution in [0.2, 0.25) is 0 Å². The topological polar surface area (TPSA) is 65.5 Å². The summed E-state index contributed by atoms with van der Waals surface area (Å²) in [6.07, 6.45) is 5.32. The lowest BCUT2D eigenvalue weighted by Crippen LogP contribution is -2.41. The van der Waals surface area contributed by atoms with Gasteiger partial charge < -0.3 is 16.0 Å². The van der Waals surface area contributed by atoms with Gasteiger partial charge in [-0.15, -0.1) is 30.4 Å². The molecule has 0 unspecified atom stereocenters. The van der Waals surface area contributed by atoms with Gasteiger partial charge in [-0.2, -0.15) is 0 Å². The van der Waals surface area contributed by atoms with E-state index in [0.29, 0.717) is 11.3 Å². The number of terminal acetylenes is 1. The highest BCUT2D eigenvalue weighted by Gasteiger charge is 2.07. The van der Waals surface area contributed by atoms with Crippen molar-refractivity contribution in [1.82, 2.24) is 10.6 Å². The van der Waals surface area contributed by atoms with Gasteiger partial charge in [-0.25, -0.2) is 8.78 Å². The number of rotatable bonds is 5. The molecule has 1 amide bonds. The zero-order valence-corrected chi connectivity index (χ0v) is 16.9. The number of benzene rings is 2. The highest BCUT2D eigenvalue weighted by molar-refractivity contribution is 14.0. The summed E-state index contributed by atoms with van der Waals surface area (Å²) in [7, 11) is 1.51. The highest BCUT2D eigenvalue weighted by Crippen LogP contribution is 2.10. The Hall–Kier alpha value is -2.67. The molecule has 2 aromatic rings. The monoisotopic (exact) mass is 484 g/mol. The molecule has 3 N–H and O–H groups in total. The van der Waals surface area contributed by atoms with Gasteiger partial charge in [-0.3, -0.25) is 9.79 Å². The van der Waals surface area contributed by atoms with Crippen LogP contribution in [0.5, 0.6) is 0 Å². The number of nitrogens with one attached hydrogen (secondary N) is 3. The van der Waals surface area contributed by atoms with Crippen molar-refractivity contribution < 1.29 is 13.6 Å². The molecule has 0 saturated carbocycles. The summed E-state index contributed by atoms with van der Waals surface area (Å²) in [5.41, 5.74) is 1.39. The minimum atomic E-state index is -0.528. The minimum Gasteiger partial charge on any atom is -0.352 e. The van der Waals surface area contributed by atoms with Crippen LogP contribution < -0.4 is 16.0 Å². The number of hydrogen-bond acceptors (Lipinski definition) is 2. The van der Waals surface area contributed by atoms with Crippen LogP contribution in [0.25, 0.3) is 0 Å². The molecule has 0 aliphatic heterocycles. The van der Waals surface area contributed by atoms with Gasteiger partial charge in [0.2, 0.25) is 5.91 Å². The lowest BCUT2D eigenvalue weighted by molar-refractivity contribution is -0.115. The minimum absolute atomic E-state index is 0. The fourth-order valence-corrected chi connectivity index (χ4v) is 2.13. The average molecular weight is 484 g/mol. The van der Waals surface area contributed by atoms with Gasteiger partial charge in [0.05, 0.1) is 6.54 Å². The van der Waals surface area contributed by atoms with E-state index in [-0.39, 0.29) is 54.5 Å². The maximum absolute atomic E-state index is 13.6. The van der Waals surface area contributed by atoms with Gasteiger partial charge in [-0.1, -0.05) is 12.0 Å². The summed E-state index contributed by atoms with van der Waals surface area (Å²) in [4.78, 5) is 15.9. The maximum atomic E-state index is 13.6. The zero-order chi connectivity index (χ0) is 18.9. The Kier molecular flexibility index (Phi) is 9.22. The molecule has 27 heavy (non-hydrogen) atoms. The van der Waals surface area contributed by atoms with Crippen molar-refractivity contribution in [3.05, 3.63) is 65.2 Å². The lowest BCUT2D eigenvalue weighted by Gasteiger charge is -2.12. The van der Waals surface area contributed by atoms with E-state index in [9.17, 15) is 13.6 Å². The first-order valence-electron chi connectivity index (χ1n) is 7.77. The Labute approximate surface area is 173 Å². The largest absolute Gasteiger partial charge is 0.352 e. The summed E-state index contributed by atoms with van der Waals surface area (Å²) >= 11 is 0. The van der Waals surface area contributed by atoms with Crippen LogP contribution >= 0.6 is 24.0 Å². The Balaban J connectivity index is 0.00000364. The summed E-state index contributed by atoms with van der Waals surface area (Å²) in [5, 5.41) is 8.31. The van der Waals surface area contributed by atoms with Crippen LogP contribution in [0.15, 0.2) is 47.5 Å². The smallest absolute Gasteiger partial charge is 0.243 e. The molecule has 2 aromatic carbocycles. The standard InChI is InChI=1S/C19H18F2N4O.HI/c1-3-13-5-4-6-16(9-13)25-18(26)12-24-19(22-2)23-11-14-10-15(20)7-8-17(14)21;/h1,4-10H,11-12H2,2H3,(H,25,26)(H2,22,23,24);1H. The molecule has 0 aliphatic rings. The predicted molar refractivity (Wildman–Crippen MR) is 113 cm³/mol. The number of nitrogens with zero attached hydrogens (tertiary/aromatic N) is 1. The van der Waals surface area contributed by atoms with Crippen LogP contribution in [0, 0.1) is 24.0 Å². The van der Waals surface area contributed by atoms with Crippen molar-refractivity contribution in [1.29, 1.82) is 0 Å². The van der Waals surface area contributed by atoms with Crippen LogP contribution in [0.3, 0.4) is 0 Å². The fraction of sp³-hybridized carbons (Fsp3) is 0.158. The molecule has 2 rings (SSSR count). The van der Waals surface area contributed by atoms with Gasteiger partial charge in [0.1, 0.15) is 11.6 Å². The van der Waals surface area contributed by atoms with Crippen molar-refractivity contribution in [2.24, 2.45) is 4.99 Å². The van der Waals surface area contributed by atoms with Crippen LogP contribution in [-0.4, -0.2) is 25.5 Å². The van der Waals surface area contributed by atoms with E-state index in [1.807, 2.05) is 0 Å². The number of aliphatic imine (C=N–C) groups is 1. The number of halogens is 3. The first-order chi connectivity index (χ1) is 12.5. The van der Waals surface area contributed by atoms with Crippen molar-refractivity contribution in [2.45, 2.75) is 6.54 Å². The summed E-state index contributed by atoms with van der Waals surface area (Å²) < 4.78 is 26.8. The molecule has 0 spiro atoms. The molecule has 0 bridgehead atoms. The Bertz CT molecular complexity index is 865. The zero-order valence-electron chi connectivity index (χ0n) is 14.6. The quantitative estimate of drug-likeness (QED) is 0.265. The molecule has 142 valence electrons. The molecule has 0 heterocycles. The van der Waals surface area contributed by atoms with E-state index in [2.05, 4.69) is 26.9 Å². The van der Waals surface area contributed by atoms with Gasteiger partial charge in [0, 0.05) is 30.4 Å². The summed E-state index contributed by atoms with van der Waals surface area (Å²) in [5.74, 6) is 1.40. The maximum Gasteiger partial charge on any atom is 0.243 e. The molecule has 0 aromatic heterocycles. The van der Waals surface area contributed by atoms with Crippen molar-refractivity contribution in [3.63, 3.8) is 0 Å². The normalized spacial score (nSPS) is 10.4. The SMILES string of the molecule is C#Cc1cccc(NC(=O)CNC(=NC)NCc2cc(F)ccc2F)c1.I. The summed E-state index contributed by atoms with van der Waals surface area (Å²) in [6, 6.07) is 10.1. The molecule has 0 aliphatic carbocycles. The Morgan fingerprint density at radius 1 is 1.19 bits per heavy atom. The first kappa shape index (κ1) is 22.4. The third-order valence-electron chi connectivity index (χ3n) is 3.41. The highest BCUT2D eigenvalue weighted by atomic mass is 127. The van der Waals surface area contributed by atoms with Crippen LogP contribution in [0.1, 0.15) is 11.1 Å². The van der Waals surface area contributed by atoms with E-state index in [0.717, 1.165) is 18.2 Å². The first-order valence-corrected chi connectivity index (χ1v) is 7.77. The fourth-order valence-electron chi connectivity index (χ4n) is 2.13. The second kappa shape index (κ2) is 11.1. The van der Waals surface area contributed by atoms with Crippen molar-refractivity contribution >= 4 is 41.5 Å². The number of guanidine groups is 1. The average Bonchev–Trinajstić information content (AvgIpc) is 2.64. The Morgan fingerprint density at radius 2 is 1.96 bits per heavy atom. The molecule has 0 radical (unpaired) electrons. The number of hydrogen-bond donors (Lipinski definition) is 3. The number of carbonyl (C=O) groups excluding carboxylic acids is 1. The van der Waals surface area contributed by atoms with Crippen molar-refractivity contribution in [3.8, 4) is 12.3 Å². The second-order valence-electron chi connectivity index (χ2n) is 5.29. The van der Waals surface area contributed by atoms with Gasteiger partial charge in [-0.05, 0) is 36.4 Å². The summed E-state index contributed by atoms with van der Waals surface area (Å²) in [6.45, 7) is -0.0410. The van der Waals surface area contributed by atoms with Gasteiger partial charge >= 0.3 is 0 Å². The number of amides is 1. The van der Waals surface area contributed by atoms with E-state index in [1.54, 1.807) is 24.3 Å². The van der Waals surface area contributed by atoms with Gasteiger partial charge in [0.15, 0.2) is 5.96 Å². The van der Waals surface area contributed by atoms with Crippen molar-refractivity contribution in [2.75, 3.05) is 18.9 Å². The third kappa shape index (κ3) is 7.22. The van der Waals surface area contributed by atoms with E-state index in [1.165, 1.54) is 7.05 Å². The predicted octanol–water partition coefficient (Wildman–Crippen LogP) is 2.87. The Morgan fingerprint density at radius 3 is 2.67 bits per heavy atom. The lowest BCUT2D eigenvalue weighted by atomic mass is 10.2. The molecule has 0 fully saturated rings. The third-order valence-corrected chi connectivity index (χ3v) is 3.41. The van der Waals surface area contributed by atoms with Crippen LogP contribution in [-0.2, 0) is 11.3 Å².